The van der Waals surface area contributed by atoms with Crippen LogP contribution >= 0.6 is 0 Å². The zero-order valence-electron chi connectivity index (χ0n) is 10.8. The van der Waals surface area contributed by atoms with E-state index in [1.54, 1.807) is 0 Å². The fraction of sp³-hybridized carbons (Fsp3) is 0.600. The van der Waals surface area contributed by atoms with Crippen LogP contribution in [-0.2, 0) is 6.42 Å². The summed E-state index contributed by atoms with van der Waals surface area (Å²) in [6.07, 6.45) is 4.05. The Labute approximate surface area is 99.3 Å². The summed E-state index contributed by atoms with van der Waals surface area (Å²) in [6.45, 7) is 8.99. The van der Waals surface area contributed by atoms with Gasteiger partial charge in [-0.3, -0.25) is 0 Å². The molecular weight excluding hydrogens is 194 g/mol. The maximum absolute atomic E-state index is 3.56. The van der Waals surface area contributed by atoms with Gasteiger partial charge in [-0.15, -0.1) is 0 Å². The summed E-state index contributed by atoms with van der Waals surface area (Å²) < 4.78 is 0. The number of hydrogen-bond donors (Lipinski definition) is 1. The minimum atomic E-state index is 0.986. The second-order valence-electron chi connectivity index (χ2n) is 5.27. The number of nitrogens with one attached hydrogen (secondary N) is 1. The van der Waals surface area contributed by atoms with E-state index in [1.165, 1.54) is 48.1 Å². The van der Waals surface area contributed by atoms with Gasteiger partial charge in [-0.05, 0) is 75.7 Å². The normalized spacial score (nSPS) is 15.4. The largest absolute Gasteiger partial charge is 0.316 e. The molecule has 0 atom stereocenters. The molecule has 1 heteroatoms. The van der Waals surface area contributed by atoms with Crippen molar-refractivity contribution in [3.63, 3.8) is 0 Å². The SMILES string of the molecule is Cc1cc(C)c(CCNCC2CC2)c(C)c1. The molecule has 1 nitrogen and oxygen atoms in total. The first kappa shape index (κ1) is 11.7. The third-order valence-corrected chi connectivity index (χ3v) is 3.52. The maximum atomic E-state index is 3.56. The Bertz CT molecular complexity index is 341. The highest BCUT2D eigenvalue weighted by atomic mass is 14.9. The molecule has 1 aromatic rings. The standard InChI is InChI=1S/C15H23N/c1-11-8-12(2)15(13(3)9-11)6-7-16-10-14-4-5-14/h8-9,14,16H,4-7,10H2,1-3H3. The third kappa shape index (κ3) is 3.08. The van der Waals surface area contributed by atoms with Crippen molar-refractivity contribution in [3.8, 4) is 0 Å². The van der Waals surface area contributed by atoms with E-state index in [0.29, 0.717) is 0 Å². The minimum absolute atomic E-state index is 0.986. The topological polar surface area (TPSA) is 12.0 Å². The predicted octanol–water partition coefficient (Wildman–Crippen LogP) is 3.15. The Kier molecular flexibility index (Phi) is 3.65. The zero-order chi connectivity index (χ0) is 11.5. The van der Waals surface area contributed by atoms with Crippen LogP contribution in [0.15, 0.2) is 12.1 Å². The molecule has 0 saturated heterocycles. The van der Waals surface area contributed by atoms with Crippen LogP contribution in [-0.4, -0.2) is 13.1 Å². The van der Waals surface area contributed by atoms with Gasteiger partial charge in [0, 0.05) is 0 Å². The zero-order valence-corrected chi connectivity index (χ0v) is 10.8. The lowest BCUT2D eigenvalue weighted by atomic mass is 9.97. The quantitative estimate of drug-likeness (QED) is 0.747. The van der Waals surface area contributed by atoms with E-state index in [4.69, 9.17) is 0 Å². The molecule has 1 fully saturated rings. The van der Waals surface area contributed by atoms with E-state index in [-0.39, 0.29) is 0 Å². The summed E-state index contributed by atoms with van der Waals surface area (Å²) in [5, 5.41) is 3.56. The first-order chi connectivity index (χ1) is 7.66. The molecule has 0 amide bonds. The van der Waals surface area contributed by atoms with Crippen LogP contribution in [0.25, 0.3) is 0 Å². The van der Waals surface area contributed by atoms with Gasteiger partial charge in [0.2, 0.25) is 0 Å². The van der Waals surface area contributed by atoms with E-state index < -0.39 is 0 Å². The summed E-state index contributed by atoms with van der Waals surface area (Å²) in [4.78, 5) is 0. The lowest BCUT2D eigenvalue weighted by Gasteiger charge is -2.11. The molecule has 16 heavy (non-hydrogen) atoms. The number of benzene rings is 1. The lowest BCUT2D eigenvalue weighted by Crippen LogP contribution is -2.20. The molecule has 2 rings (SSSR count). The van der Waals surface area contributed by atoms with Gasteiger partial charge in [0.1, 0.15) is 0 Å². The molecule has 0 spiro atoms. The van der Waals surface area contributed by atoms with Crippen molar-refractivity contribution >= 4 is 0 Å². The number of rotatable bonds is 5. The van der Waals surface area contributed by atoms with E-state index in [9.17, 15) is 0 Å². The van der Waals surface area contributed by atoms with Crippen LogP contribution < -0.4 is 5.32 Å². The summed E-state index contributed by atoms with van der Waals surface area (Å²) in [6, 6.07) is 4.59. The number of aryl methyl sites for hydroxylation is 3. The summed E-state index contributed by atoms with van der Waals surface area (Å²) in [5.41, 5.74) is 5.81. The Morgan fingerprint density at radius 3 is 2.31 bits per heavy atom. The molecule has 0 aliphatic heterocycles. The van der Waals surface area contributed by atoms with Gasteiger partial charge in [-0.1, -0.05) is 17.7 Å². The Morgan fingerprint density at radius 1 is 1.12 bits per heavy atom. The molecule has 1 saturated carbocycles. The van der Waals surface area contributed by atoms with Crippen molar-refractivity contribution in [1.29, 1.82) is 0 Å². The Balaban J connectivity index is 1.87. The van der Waals surface area contributed by atoms with E-state index in [1.807, 2.05) is 0 Å². The first-order valence-corrected chi connectivity index (χ1v) is 6.44. The molecule has 1 N–H and O–H groups in total. The first-order valence-electron chi connectivity index (χ1n) is 6.44. The molecule has 0 unspecified atom stereocenters. The Morgan fingerprint density at radius 2 is 1.75 bits per heavy atom. The summed E-state index contributed by atoms with van der Waals surface area (Å²) in [7, 11) is 0. The van der Waals surface area contributed by atoms with Crippen LogP contribution in [0.3, 0.4) is 0 Å². The molecular formula is C15H23N. The molecule has 88 valence electrons. The molecule has 0 bridgehead atoms. The van der Waals surface area contributed by atoms with Gasteiger partial charge < -0.3 is 5.32 Å². The van der Waals surface area contributed by atoms with E-state index in [0.717, 1.165) is 12.5 Å². The smallest absolute Gasteiger partial charge is 0.000804 e. The van der Waals surface area contributed by atoms with Crippen LogP contribution in [0.5, 0.6) is 0 Å². The van der Waals surface area contributed by atoms with Gasteiger partial charge >= 0.3 is 0 Å². The molecule has 0 heterocycles. The average molecular weight is 217 g/mol. The van der Waals surface area contributed by atoms with Crippen LogP contribution in [0.1, 0.15) is 35.1 Å². The van der Waals surface area contributed by atoms with Crippen molar-refractivity contribution in [2.45, 2.75) is 40.0 Å². The second kappa shape index (κ2) is 5.01. The monoisotopic (exact) mass is 217 g/mol. The highest BCUT2D eigenvalue weighted by Crippen LogP contribution is 2.27. The highest BCUT2D eigenvalue weighted by Gasteiger charge is 2.19. The van der Waals surface area contributed by atoms with E-state index in [2.05, 4.69) is 38.2 Å². The maximum Gasteiger partial charge on any atom is -0.000804 e. The summed E-state index contributed by atoms with van der Waals surface area (Å²) >= 11 is 0. The van der Waals surface area contributed by atoms with Gasteiger partial charge in [0.15, 0.2) is 0 Å². The van der Waals surface area contributed by atoms with Crippen molar-refractivity contribution < 1.29 is 0 Å². The van der Waals surface area contributed by atoms with Crippen molar-refractivity contribution in [2.75, 3.05) is 13.1 Å². The lowest BCUT2D eigenvalue weighted by molar-refractivity contribution is 0.636. The van der Waals surface area contributed by atoms with Gasteiger partial charge in [0.25, 0.3) is 0 Å². The van der Waals surface area contributed by atoms with Gasteiger partial charge in [-0.2, -0.15) is 0 Å². The van der Waals surface area contributed by atoms with Crippen LogP contribution in [0, 0.1) is 26.7 Å². The van der Waals surface area contributed by atoms with Crippen LogP contribution in [0.2, 0.25) is 0 Å². The van der Waals surface area contributed by atoms with Gasteiger partial charge in [0.05, 0.1) is 0 Å². The number of hydrogen-bond acceptors (Lipinski definition) is 1. The van der Waals surface area contributed by atoms with Crippen molar-refractivity contribution in [1.82, 2.24) is 5.32 Å². The second-order valence-corrected chi connectivity index (χ2v) is 5.27. The fourth-order valence-corrected chi connectivity index (χ4v) is 2.45. The molecule has 1 aromatic carbocycles. The van der Waals surface area contributed by atoms with E-state index >= 15 is 0 Å². The fourth-order valence-electron chi connectivity index (χ4n) is 2.45. The molecule has 1 aliphatic carbocycles. The average Bonchev–Trinajstić information content (AvgIpc) is 2.98. The highest BCUT2D eigenvalue weighted by molar-refractivity contribution is 5.37. The third-order valence-electron chi connectivity index (χ3n) is 3.52. The van der Waals surface area contributed by atoms with Crippen molar-refractivity contribution in [3.05, 3.63) is 34.4 Å². The Hall–Kier alpha value is -0.820. The van der Waals surface area contributed by atoms with Gasteiger partial charge in [-0.25, -0.2) is 0 Å². The minimum Gasteiger partial charge on any atom is -0.316 e. The molecule has 0 radical (unpaired) electrons. The predicted molar refractivity (Wildman–Crippen MR) is 70.0 cm³/mol. The van der Waals surface area contributed by atoms with Crippen LogP contribution in [0.4, 0.5) is 0 Å². The molecule has 1 aliphatic rings. The van der Waals surface area contributed by atoms with Crippen molar-refractivity contribution in [2.24, 2.45) is 5.92 Å². The summed E-state index contributed by atoms with van der Waals surface area (Å²) in [5.74, 6) is 0.986. The molecule has 0 aromatic heterocycles.